The summed E-state index contributed by atoms with van der Waals surface area (Å²) in [5.74, 6) is -0.372. The van der Waals surface area contributed by atoms with E-state index in [2.05, 4.69) is 5.32 Å². The molecular weight excluding hydrogens is 324 g/mol. The van der Waals surface area contributed by atoms with E-state index in [0.29, 0.717) is 10.6 Å². The molecule has 0 spiro atoms. The lowest BCUT2D eigenvalue weighted by molar-refractivity contribution is 0.0940. The average Bonchev–Trinajstić information content (AvgIpc) is 2.95. The first-order valence-corrected chi connectivity index (χ1v) is 8.03. The average molecular weight is 341 g/mol. The maximum absolute atomic E-state index is 12.7. The molecule has 5 heteroatoms. The second kappa shape index (κ2) is 6.49. The van der Waals surface area contributed by atoms with Crippen LogP contribution in [0.3, 0.4) is 0 Å². The second-order valence-corrected chi connectivity index (χ2v) is 6.07. The fourth-order valence-electron chi connectivity index (χ4n) is 2.80. The molecule has 24 heavy (non-hydrogen) atoms. The van der Waals surface area contributed by atoms with Crippen LogP contribution in [0, 0.1) is 0 Å². The molecule has 1 unspecified atom stereocenters. The highest BCUT2D eigenvalue weighted by atomic mass is 35.5. The molecule has 1 atom stereocenters. The number of aromatic nitrogens is 1. The molecule has 3 rings (SSSR count). The van der Waals surface area contributed by atoms with Gasteiger partial charge in [0.1, 0.15) is 0 Å². The largest absolute Gasteiger partial charge is 0.345 e. The van der Waals surface area contributed by atoms with Gasteiger partial charge >= 0.3 is 0 Å². The van der Waals surface area contributed by atoms with Gasteiger partial charge in [0, 0.05) is 23.5 Å². The second-order valence-electron chi connectivity index (χ2n) is 5.67. The maximum Gasteiger partial charge on any atom is 0.253 e. The minimum absolute atomic E-state index is 0.135. The molecule has 1 aromatic heterocycles. The van der Waals surface area contributed by atoms with E-state index in [9.17, 15) is 9.59 Å². The lowest BCUT2D eigenvalue weighted by Gasteiger charge is -2.15. The first-order chi connectivity index (χ1) is 11.5. The summed E-state index contributed by atoms with van der Waals surface area (Å²) in [7, 11) is 0. The molecule has 0 fully saturated rings. The van der Waals surface area contributed by atoms with Crippen molar-refractivity contribution in [3.8, 4) is 0 Å². The van der Waals surface area contributed by atoms with Crippen LogP contribution < -0.4 is 5.32 Å². The zero-order chi connectivity index (χ0) is 17.3. The summed E-state index contributed by atoms with van der Waals surface area (Å²) >= 11 is 6.19. The quantitative estimate of drug-likeness (QED) is 0.766. The van der Waals surface area contributed by atoms with E-state index in [-0.39, 0.29) is 17.9 Å². The van der Waals surface area contributed by atoms with Crippen molar-refractivity contribution in [1.29, 1.82) is 0 Å². The third kappa shape index (κ3) is 2.93. The van der Waals surface area contributed by atoms with Crippen molar-refractivity contribution in [3.05, 3.63) is 70.9 Å². The normalized spacial score (nSPS) is 12.1. The molecule has 0 aliphatic rings. The van der Waals surface area contributed by atoms with Crippen molar-refractivity contribution >= 4 is 34.3 Å². The molecule has 0 radical (unpaired) electrons. The Morgan fingerprint density at radius 2 is 1.75 bits per heavy atom. The van der Waals surface area contributed by atoms with Crippen molar-refractivity contribution < 1.29 is 9.59 Å². The summed E-state index contributed by atoms with van der Waals surface area (Å²) in [5.41, 5.74) is 2.04. The maximum atomic E-state index is 12.7. The molecule has 0 aliphatic heterocycles. The summed E-state index contributed by atoms with van der Waals surface area (Å²) in [6, 6.07) is 14.5. The first kappa shape index (κ1) is 16.3. The molecule has 4 nitrogen and oxygen atoms in total. The highest BCUT2D eigenvalue weighted by molar-refractivity contribution is 6.31. The number of hydrogen-bond acceptors (Lipinski definition) is 2. The van der Waals surface area contributed by atoms with Crippen LogP contribution in [0.15, 0.2) is 54.7 Å². The Labute approximate surface area is 145 Å². The third-order valence-corrected chi connectivity index (χ3v) is 4.36. The van der Waals surface area contributed by atoms with Crippen LogP contribution in [0.4, 0.5) is 0 Å². The standard InChI is InChI=1S/C19H17ClN2O2/c1-12(14-7-3-5-9-17(14)20)21-19(24)16-11-22(13(2)23)18-10-6-4-8-15(16)18/h3-12H,1-2H3,(H,21,24). The van der Waals surface area contributed by atoms with Gasteiger partial charge in [-0.05, 0) is 24.6 Å². The lowest BCUT2D eigenvalue weighted by atomic mass is 10.1. The number of amides is 1. The number of nitrogens with one attached hydrogen (secondary N) is 1. The fraction of sp³-hybridized carbons (Fsp3) is 0.158. The predicted molar refractivity (Wildman–Crippen MR) is 95.6 cm³/mol. The van der Waals surface area contributed by atoms with E-state index < -0.39 is 0 Å². The summed E-state index contributed by atoms with van der Waals surface area (Å²) in [5, 5.41) is 4.30. The van der Waals surface area contributed by atoms with E-state index in [1.807, 2.05) is 49.4 Å². The van der Waals surface area contributed by atoms with Crippen LogP contribution in [0.1, 0.15) is 40.6 Å². The van der Waals surface area contributed by atoms with Crippen LogP contribution >= 0.6 is 11.6 Å². The molecule has 1 amide bonds. The highest BCUT2D eigenvalue weighted by Crippen LogP contribution is 2.25. The lowest BCUT2D eigenvalue weighted by Crippen LogP contribution is -2.26. The molecule has 0 bridgehead atoms. The van der Waals surface area contributed by atoms with Crippen molar-refractivity contribution in [2.24, 2.45) is 0 Å². The van der Waals surface area contributed by atoms with Crippen LogP contribution in [-0.4, -0.2) is 16.4 Å². The zero-order valence-electron chi connectivity index (χ0n) is 13.4. The minimum Gasteiger partial charge on any atom is -0.345 e. The predicted octanol–water partition coefficient (Wildman–Crippen LogP) is 4.45. The summed E-state index contributed by atoms with van der Waals surface area (Å²) in [6.45, 7) is 3.35. The number of benzene rings is 2. The van der Waals surface area contributed by atoms with Gasteiger partial charge in [0.15, 0.2) is 0 Å². The van der Waals surface area contributed by atoms with Gasteiger partial charge in [0.05, 0.1) is 17.1 Å². The Bertz CT molecular complexity index is 930. The fourth-order valence-corrected chi connectivity index (χ4v) is 3.10. The van der Waals surface area contributed by atoms with Gasteiger partial charge < -0.3 is 5.32 Å². The highest BCUT2D eigenvalue weighted by Gasteiger charge is 2.19. The molecule has 0 saturated heterocycles. The Kier molecular flexibility index (Phi) is 4.40. The summed E-state index contributed by atoms with van der Waals surface area (Å²) < 4.78 is 1.49. The summed E-state index contributed by atoms with van der Waals surface area (Å²) in [6.07, 6.45) is 1.58. The monoisotopic (exact) mass is 340 g/mol. The van der Waals surface area contributed by atoms with Crippen molar-refractivity contribution in [2.45, 2.75) is 19.9 Å². The van der Waals surface area contributed by atoms with Crippen LogP contribution in [-0.2, 0) is 0 Å². The third-order valence-electron chi connectivity index (χ3n) is 4.02. The molecule has 122 valence electrons. The smallest absolute Gasteiger partial charge is 0.253 e. The van der Waals surface area contributed by atoms with Crippen molar-refractivity contribution in [3.63, 3.8) is 0 Å². The van der Waals surface area contributed by atoms with E-state index in [1.165, 1.54) is 11.5 Å². The summed E-state index contributed by atoms with van der Waals surface area (Å²) in [4.78, 5) is 24.5. The number of para-hydroxylation sites is 1. The van der Waals surface area contributed by atoms with Gasteiger partial charge in [-0.25, -0.2) is 0 Å². The molecule has 3 aromatic rings. The number of carbonyl (C=O) groups is 2. The topological polar surface area (TPSA) is 51.1 Å². The van der Waals surface area contributed by atoms with E-state index in [4.69, 9.17) is 11.6 Å². The van der Waals surface area contributed by atoms with Gasteiger partial charge in [0.25, 0.3) is 5.91 Å². The molecule has 0 aliphatic carbocycles. The van der Waals surface area contributed by atoms with Gasteiger partial charge in [-0.15, -0.1) is 0 Å². The van der Waals surface area contributed by atoms with Gasteiger partial charge in [-0.1, -0.05) is 48.0 Å². The number of rotatable bonds is 3. The van der Waals surface area contributed by atoms with Crippen LogP contribution in [0.2, 0.25) is 5.02 Å². The van der Waals surface area contributed by atoms with E-state index in [1.54, 1.807) is 12.3 Å². The van der Waals surface area contributed by atoms with Crippen molar-refractivity contribution in [1.82, 2.24) is 9.88 Å². The SMILES string of the molecule is CC(=O)n1cc(C(=O)NC(C)c2ccccc2Cl)c2ccccc21. The first-order valence-electron chi connectivity index (χ1n) is 7.65. The van der Waals surface area contributed by atoms with Gasteiger partial charge in [0.2, 0.25) is 5.91 Å². The number of fused-ring (bicyclic) bond motifs is 1. The molecule has 1 N–H and O–H groups in total. The van der Waals surface area contributed by atoms with Gasteiger partial charge in [-0.3, -0.25) is 14.2 Å². The number of halogens is 1. The Hall–Kier alpha value is -2.59. The number of carbonyl (C=O) groups excluding carboxylic acids is 2. The van der Waals surface area contributed by atoms with Crippen LogP contribution in [0.25, 0.3) is 10.9 Å². The van der Waals surface area contributed by atoms with E-state index >= 15 is 0 Å². The number of hydrogen-bond donors (Lipinski definition) is 1. The van der Waals surface area contributed by atoms with Gasteiger partial charge in [-0.2, -0.15) is 0 Å². The zero-order valence-corrected chi connectivity index (χ0v) is 14.2. The van der Waals surface area contributed by atoms with E-state index in [0.717, 1.165) is 16.5 Å². The Morgan fingerprint density at radius 1 is 1.08 bits per heavy atom. The van der Waals surface area contributed by atoms with Crippen molar-refractivity contribution in [2.75, 3.05) is 0 Å². The number of nitrogens with zero attached hydrogens (tertiary/aromatic N) is 1. The Morgan fingerprint density at radius 3 is 2.46 bits per heavy atom. The molecule has 2 aromatic carbocycles. The Balaban J connectivity index is 1.95. The molecule has 1 heterocycles. The molecule has 0 saturated carbocycles. The molecular formula is C19H17ClN2O2. The van der Waals surface area contributed by atoms with Crippen LogP contribution in [0.5, 0.6) is 0 Å². The minimum atomic E-state index is -0.245.